The lowest BCUT2D eigenvalue weighted by molar-refractivity contribution is 0.986. The molecule has 0 spiro atoms. The highest BCUT2D eigenvalue weighted by Gasteiger charge is 2.18. The highest BCUT2D eigenvalue weighted by Crippen LogP contribution is 2.47. The molecule has 134 valence electrons. The molecule has 0 saturated heterocycles. The maximum absolute atomic E-state index is 6.23. The molecule has 0 amide bonds. The average molecular weight is 381 g/mol. The zero-order chi connectivity index (χ0) is 18.1. The molecule has 3 nitrogen and oxygen atoms in total. The van der Waals surface area contributed by atoms with Gasteiger partial charge in [-0.2, -0.15) is 0 Å². The van der Waals surface area contributed by atoms with Crippen LogP contribution in [0.15, 0.2) is 73.2 Å². The van der Waals surface area contributed by atoms with E-state index in [2.05, 4.69) is 33.2 Å². The van der Waals surface area contributed by atoms with E-state index in [-0.39, 0.29) is 0 Å². The smallest absolute Gasteiger partial charge is 0.0407 e. The second kappa shape index (κ2) is 9.70. The number of nitrogens with zero attached hydrogens (tertiary/aromatic N) is 3. The molecule has 0 aliphatic rings. The van der Waals surface area contributed by atoms with Crippen LogP contribution >= 0.6 is 6.04 Å². The van der Waals surface area contributed by atoms with Gasteiger partial charge in [0.05, 0.1) is 0 Å². The summed E-state index contributed by atoms with van der Waals surface area (Å²) in [6.07, 6.45) is 11.6. The van der Waals surface area contributed by atoms with Crippen molar-refractivity contribution in [1.29, 1.82) is 0 Å². The molecular weight excluding hydrogens is 357 g/mol. The second-order valence-electron chi connectivity index (χ2n) is 6.44. The van der Waals surface area contributed by atoms with Gasteiger partial charge >= 0.3 is 0 Å². The van der Waals surface area contributed by atoms with Crippen molar-refractivity contribution in [3.63, 3.8) is 0 Å². The van der Waals surface area contributed by atoms with Crippen molar-refractivity contribution in [3.8, 4) is 0 Å². The lowest BCUT2D eigenvalue weighted by Crippen LogP contribution is -2.08. The summed E-state index contributed by atoms with van der Waals surface area (Å²) in [5.74, 6) is 0. The summed E-state index contributed by atoms with van der Waals surface area (Å²) in [5, 5.41) is 0. The van der Waals surface area contributed by atoms with Crippen molar-refractivity contribution in [1.82, 2.24) is 15.0 Å². The van der Waals surface area contributed by atoms with Crippen molar-refractivity contribution in [2.45, 2.75) is 19.3 Å². The van der Waals surface area contributed by atoms with E-state index in [1.807, 2.05) is 55.0 Å². The molecule has 0 atom stereocenters. The van der Waals surface area contributed by atoms with Crippen molar-refractivity contribution < 1.29 is 0 Å². The fourth-order valence-electron chi connectivity index (χ4n) is 2.93. The molecule has 0 aliphatic carbocycles. The molecule has 0 saturated carbocycles. The quantitative estimate of drug-likeness (QED) is 0.516. The van der Waals surface area contributed by atoms with Crippen molar-refractivity contribution >= 4 is 17.8 Å². The van der Waals surface area contributed by atoms with Crippen LogP contribution in [0.1, 0.15) is 17.1 Å². The van der Waals surface area contributed by atoms with Gasteiger partial charge in [-0.1, -0.05) is 30.0 Å². The number of aryl methyl sites for hydroxylation is 3. The molecule has 3 aromatic heterocycles. The van der Waals surface area contributed by atoms with Crippen molar-refractivity contribution in [2.24, 2.45) is 0 Å². The van der Waals surface area contributed by atoms with Gasteiger partial charge < -0.3 is 0 Å². The van der Waals surface area contributed by atoms with E-state index in [4.69, 9.17) is 11.8 Å². The molecular formula is C21H24N3PS. The van der Waals surface area contributed by atoms with E-state index < -0.39 is 6.04 Å². The van der Waals surface area contributed by atoms with E-state index in [0.717, 1.165) is 54.8 Å². The van der Waals surface area contributed by atoms with Crippen LogP contribution in [0, 0.1) is 0 Å². The molecule has 5 heteroatoms. The summed E-state index contributed by atoms with van der Waals surface area (Å²) >= 11 is 6.23. The maximum atomic E-state index is 6.23. The predicted octanol–water partition coefficient (Wildman–Crippen LogP) is 4.38. The van der Waals surface area contributed by atoms with E-state index in [1.165, 1.54) is 0 Å². The highest BCUT2D eigenvalue weighted by molar-refractivity contribution is 8.14. The Morgan fingerprint density at radius 3 is 1.19 bits per heavy atom. The predicted molar refractivity (Wildman–Crippen MR) is 113 cm³/mol. The van der Waals surface area contributed by atoms with Crippen LogP contribution in [-0.2, 0) is 31.1 Å². The highest BCUT2D eigenvalue weighted by atomic mass is 32.4. The zero-order valence-corrected chi connectivity index (χ0v) is 16.6. The number of aromatic nitrogens is 3. The number of rotatable bonds is 9. The lowest BCUT2D eigenvalue weighted by atomic mass is 10.3. The number of pyridine rings is 3. The van der Waals surface area contributed by atoms with Crippen molar-refractivity contribution in [3.05, 3.63) is 90.3 Å². The number of hydrogen-bond donors (Lipinski definition) is 0. The van der Waals surface area contributed by atoms with Crippen LogP contribution in [-0.4, -0.2) is 33.4 Å². The lowest BCUT2D eigenvalue weighted by Gasteiger charge is -2.22. The Morgan fingerprint density at radius 1 is 0.577 bits per heavy atom. The molecule has 0 fully saturated rings. The summed E-state index contributed by atoms with van der Waals surface area (Å²) in [6, 6.07) is 16.8. The van der Waals surface area contributed by atoms with E-state index in [9.17, 15) is 0 Å². The molecule has 0 aliphatic heterocycles. The Labute approximate surface area is 161 Å². The Kier molecular flexibility index (Phi) is 7.04. The van der Waals surface area contributed by atoms with Gasteiger partial charge in [0, 0.05) is 35.7 Å². The largest absolute Gasteiger partial charge is 0.261 e. The Hall–Kier alpha value is -1.90. The molecule has 3 aromatic rings. The fourth-order valence-corrected chi connectivity index (χ4v) is 6.33. The van der Waals surface area contributed by atoms with Crippen LogP contribution in [0.2, 0.25) is 0 Å². The third-order valence-electron chi connectivity index (χ3n) is 4.50. The summed E-state index contributed by atoms with van der Waals surface area (Å²) in [5.41, 5.74) is 3.41. The molecule has 0 aromatic carbocycles. The van der Waals surface area contributed by atoms with Gasteiger partial charge in [0.25, 0.3) is 0 Å². The third kappa shape index (κ3) is 6.12. The molecule has 0 radical (unpaired) electrons. The van der Waals surface area contributed by atoms with E-state index in [0.29, 0.717) is 0 Å². The summed E-state index contributed by atoms with van der Waals surface area (Å²) < 4.78 is 0. The number of hydrogen-bond acceptors (Lipinski definition) is 4. The first-order valence-electron chi connectivity index (χ1n) is 9.00. The maximum Gasteiger partial charge on any atom is 0.0407 e. The molecule has 0 bridgehead atoms. The minimum atomic E-state index is -1.50. The van der Waals surface area contributed by atoms with Gasteiger partial charge in [0.1, 0.15) is 0 Å². The normalized spacial score (nSPS) is 11.4. The summed E-state index contributed by atoms with van der Waals surface area (Å²) in [4.78, 5) is 13.4. The first-order chi connectivity index (χ1) is 12.7. The topological polar surface area (TPSA) is 38.7 Å². The van der Waals surface area contributed by atoms with Crippen molar-refractivity contribution in [2.75, 3.05) is 18.5 Å². The summed E-state index contributed by atoms with van der Waals surface area (Å²) in [7, 11) is 0. The van der Waals surface area contributed by atoms with Gasteiger partial charge in [0.15, 0.2) is 0 Å². The van der Waals surface area contributed by atoms with Crippen LogP contribution in [0.25, 0.3) is 0 Å². The van der Waals surface area contributed by atoms with Crippen LogP contribution < -0.4 is 0 Å². The first-order valence-corrected chi connectivity index (χ1v) is 12.4. The molecule has 3 heterocycles. The SMILES string of the molecule is S=P(CCc1ccccn1)(CCc1ccccn1)CCc1ccccn1. The van der Waals surface area contributed by atoms with Gasteiger partial charge in [-0.25, -0.2) is 0 Å². The van der Waals surface area contributed by atoms with E-state index in [1.54, 1.807) is 0 Å². The van der Waals surface area contributed by atoms with Gasteiger partial charge in [0.2, 0.25) is 0 Å². The van der Waals surface area contributed by atoms with Gasteiger partial charge in [-0.05, 0) is 80.2 Å². The van der Waals surface area contributed by atoms with Crippen LogP contribution in [0.4, 0.5) is 0 Å². The Bertz CT molecular complexity index is 713. The second-order valence-corrected chi connectivity index (χ2v) is 12.2. The Balaban J connectivity index is 1.65. The van der Waals surface area contributed by atoms with Gasteiger partial charge in [-0.3, -0.25) is 15.0 Å². The molecule has 0 unspecified atom stereocenters. The Morgan fingerprint density at radius 2 is 0.923 bits per heavy atom. The monoisotopic (exact) mass is 381 g/mol. The van der Waals surface area contributed by atoms with Gasteiger partial charge in [-0.15, -0.1) is 0 Å². The average Bonchev–Trinajstić information content (AvgIpc) is 2.72. The molecule has 26 heavy (non-hydrogen) atoms. The van der Waals surface area contributed by atoms with E-state index >= 15 is 0 Å². The van der Waals surface area contributed by atoms with Crippen LogP contribution in [0.5, 0.6) is 0 Å². The van der Waals surface area contributed by atoms with Crippen LogP contribution in [0.3, 0.4) is 0 Å². The fraction of sp³-hybridized carbons (Fsp3) is 0.286. The first kappa shape index (κ1) is 18.9. The minimum Gasteiger partial charge on any atom is -0.261 e. The summed E-state index contributed by atoms with van der Waals surface area (Å²) in [6.45, 7) is 0. The standard InChI is InChI=1S/C21H24N3PS/c26-25(16-10-19-7-1-4-13-22-19,17-11-20-8-2-5-14-23-20)18-12-21-9-3-6-15-24-21/h1-9,13-15H,10-12,16-18H2. The molecule has 3 rings (SSSR count). The minimum absolute atomic E-state index is 0.961. The third-order valence-corrected chi connectivity index (χ3v) is 9.26. The molecule has 0 N–H and O–H groups in total. The zero-order valence-electron chi connectivity index (χ0n) is 14.9.